The first-order valence-corrected chi connectivity index (χ1v) is 10.5. The average Bonchev–Trinajstić information content (AvgIpc) is 2.43. The number of hydrogen-bond acceptors (Lipinski definition) is 2. The lowest BCUT2D eigenvalue weighted by Gasteiger charge is -2.03. The summed E-state index contributed by atoms with van der Waals surface area (Å²) in [7, 11) is 3.93. The molecule has 0 radical (unpaired) electrons. The molecule has 0 atom stereocenters. The lowest BCUT2D eigenvalue weighted by molar-refractivity contribution is 1.15. The van der Waals surface area contributed by atoms with Crippen LogP contribution in [-0.2, 0) is 12.8 Å². The van der Waals surface area contributed by atoms with Crippen molar-refractivity contribution in [2.75, 3.05) is 11.5 Å². The minimum absolute atomic E-state index is 1.13. The van der Waals surface area contributed by atoms with Gasteiger partial charge in [-0.05, 0) is 48.2 Å². The molecule has 0 saturated carbocycles. The maximum atomic E-state index is 3.51. The molecule has 0 bridgehead atoms. The van der Waals surface area contributed by atoms with E-state index in [1.807, 2.05) is 21.6 Å². The molecule has 0 heterocycles. The third-order valence-electron chi connectivity index (χ3n) is 2.81. The summed E-state index contributed by atoms with van der Waals surface area (Å²) in [6.07, 6.45) is 2.27. The summed E-state index contributed by atoms with van der Waals surface area (Å²) in [5.41, 5.74) is 2.80. The quantitative estimate of drug-likeness (QED) is 0.368. The second-order valence-corrected chi connectivity index (χ2v) is 8.94. The van der Waals surface area contributed by atoms with Crippen molar-refractivity contribution in [3.8, 4) is 0 Å². The maximum Gasteiger partial charge on any atom is 0.0178 e. The fraction of sp³-hybridized carbons (Fsp3) is 0.250. The van der Waals surface area contributed by atoms with E-state index in [0.717, 1.165) is 12.8 Å². The number of aryl methyl sites for hydroxylation is 2. The van der Waals surface area contributed by atoms with Crippen LogP contribution in [0, 0.1) is 0 Å². The second-order valence-electron chi connectivity index (χ2n) is 4.40. The van der Waals surface area contributed by atoms with E-state index < -0.39 is 0 Å². The fourth-order valence-electron chi connectivity index (χ4n) is 1.82. The van der Waals surface area contributed by atoms with Gasteiger partial charge in [0.05, 0.1) is 0 Å². The SMILES string of the molecule is Brc1cccc(CCSSCCc2cccc(Br)c2)c1. The molecule has 0 aromatic heterocycles. The molecule has 0 fully saturated rings. The standard InChI is InChI=1S/C16H16Br2S2/c17-15-5-1-3-13(11-15)7-9-19-20-10-8-14-4-2-6-16(18)12-14/h1-6,11-12H,7-10H2. The molecule has 0 aliphatic rings. The molecular weight excluding hydrogens is 416 g/mol. The molecule has 0 nitrogen and oxygen atoms in total. The third kappa shape index (κ3) is 6.25. The molecule has 0 aliphatic carbocycles. The van der Waals surface area contributed by atoms with Crippen LogP contribution in [0.25, 0.3) is 0 Å². The molecular formula is C16H16Br2S2. The Morgan fingerprint density at radius 1 is 0.700 bits per heavy atom. The van der Waals surface area contributed by atoms with Gasteiger partial charge in [0.2, 0.25) is 0 Å². The van der Waals surface area contributed by atoms with Gasteiger partial charge < -0.3 is 0 Å². The lowest BCUT2D eigenvalue weighted by Crippen LogP contribution is -1.89. The molecule has 0 unspecified atom stereocenters. The van der Waals surface area contributed by atoms with E-state index >= 15 is 0 Å². The number of hydrogen-bond donors (Lipinski definition) is 0. The van der Waals surface area contributed by atoms with Crippen molar-refractivity contribution in [3.05, 3.63) is 68.6 Å². The van der Waals surface area contributed by atoms with Crippen molar-refractivity contribution in [2.45, 2.75) is 12.8 Å². The molecule has 2 rings (SSSR count). The first-order valence-electron chi connectivity index (χ1n) is 6.47. The zero-order valence-corrected chi connectivity index (χ0v) is 15.8. The van der Waals surface area contributed by atoms with Crippen molar-refractivity contribution in [2.24, 2.45) is 0 Å². The first kappa shape index (κ1) is 16.5. The van der Waals surface area contributed by atoms with Crippen LogP contribution >= 0.6 is 53.4 Å². The molecule has 0 saturated heterocycles. The Hall–Kier alpha value is 0.1000. The second kappa shape index (κ2) is 9.19. The van der Waals surface area contributed by atoms with Gasteiger partial charge in [0.15, 0.2) is 0 Å². The van der Waals surface area contributed by atoms with E-state index in [2.05, 4.69) is 80.4 Å². The highest BCUT2D eigenvalue weighted by molar-refractivity contribution is 9.10. The van der Waals surface area contributed by atoms with Gasteiger partial charge in [-0.15, -0.1) is 0 Å². The van der Waals surface area contributed by atoms with Crippen LogP contribution in [-0.4, -0.2) is 11.5 Å². The summed E-state index contributed by atoms with van der Waals surface area (Å²) < 4.78 is 2.34. The Kier molecular flexibility index (Phi) is 7.56. The summed E-state index contributed by atoms with van der Waals surface area (Å²) in [6.45, 7) is 0. The van der Waals surface area contributed by atoms with E-state index in [1.165, 1.54) is 31.6 Å². The van der Waals surface area contributed by atoms with E-state index in [9.17, 15) is 0 Å². The van der Waals surface area contributed by atoms with Crippen LogP contribution in [0.5, 0.6) is 0 Å². The van der Waals surface area contributed by atoms with Crippen molar-refractivity contribution >= 4 is 53.4 Å². The predicted octanol–water partition coefficient (Wildman–Crippen LogP) is 6.38. The van der Waals surface area contributed by atoms with E-state index in [0.29, 0.717) is 0 Å². The summed E-state index contributed by atoms with van der Waals surface area (Å²) >= 11 is 7.02. The zero-order valence-electron chi connectivity index (χ0n) is 11.0. The molecule has 106 valence electrons. The molecule has 20 heavy (non-hydrogen) atoms. The average molecular weight is 432 g/mol. The Labute approximate surface area is 145 Å². The van der Waals surface area contributed by atoms with E-state index in [4.69, 9.17) is 0 Å². The third-order valence-corrected chi connectivity index (χ3v) is 6.20. The lowest BCUT2D eigenvalue weighted by atomic mass is 10.2. The van der Waals surface area contributed by atoms with Gasteiger partial charge in [-0.1, -0.05) is 77.7 Å². The van der Waals surface area contributed by atoms with Crippen molar-refractivity contribution < 1.29 is 0 Å². The number of halogens is 2. The van der Waals surface area contributed by atoms with Crippen LogP contribution in [0.15, 0.2) is 57.5 Å². The van der Waals surface area contributed by atoms with Gasteiger partial charge in [-0.3, -0.25) is 0 Å². The highest BCUT2D eigenvalue weighted by Crippen LogP contribution is 2.24. The van der Waals surface area contributed by atoms with Crippen molar-refractivity contribution in [3.63, 3.8) is 0 Å². The summed E-state index contributed by atoms with van der Waals surface area (Å²) in [6, 6.07) is 17.1. The predicted molar refractivity (Wildman–Crippen MR) is 101 cm³/mol. The van der Waals surface area contributed by atoms with Crippen LogP contribution in [0.1, 0.15) is 11.1 Å². The minimum Gasteiger partial charge on any atom is -0.0938 e. The van der Waals surface area contributed by atoms with Crippen LogP contribution in [0.4, 0.5) is 0 Å². The molecule has 2 aromatic carbocycles. The number of benzene rings is 2. The monoisotopic (exact) mass is 430 g/mol. The van der Waals surface area contributed by atoms with E-state index in [-0.39, 0.29) is 0 Å². The van der Waals surface area contributed by atoms with Crippen LogP contribution < -0.4 is 0 Å². The molecule has 0 aliphatic heterocycles. The Morgan fingerprint density at radius 3 is 1.55 bits per heavy atom. The zero-order chi connectivity index (χ0) is 14.2. The van der Waals surface area contributed by atoms with Crippen LogP contribution in [0.2, 0.25) is 0 Å². The van der Waals surface area contributed by atoms with Gasteiger partial charge >= 0.3 is 0 Å². The molecule has 2 aromatic rings. The first-order chi connectivity index (χ1) is 9.74. The fourth-order valence-corrected chi connectivity index (χ4v) is 4.80. The van der Waals surface area contributed by atoms with Crippen molar-refractivity contribution in [1.82, 2.24) is 0 Å². The summed E-state index contributed by atoms with van der Waals surface area (Å²) in [4.78, 5) is 0. The van der Waals surface area contributed by atoms with Gasteiger partial charge in [0, 0.05) is 20.5 Å². The maximum absolute atomic E-state index is 3.51. The van der Waals surface area contributed by atoms with Gasteiger partial charge in [0.25, 0.3) is 0 Å². The van der Waals surface area contributed by atoms with E-state index in [1.54, 1.807) is 0 Å². The van der Waals surface area contributed by atoms with Crippen molar-refractivity contribution in [1.29, 1.82) is 0 Å². The topological polar surface area (TPSA) is 0 Å². The highest BCUT2D eigenvalue weighted by Gasteiger charge is 1.97. The molecule has 0 spiro atoms. The molecule has 0 N–H and O–H groups in total. The van der Waals surface area contributed by atoms with Gasteiger partial charge in [-0.2, -0.15) is 0 Å². The van der Waals surface area contributed by atoms with Gasteiger partial charge in [0.1, 0.15) is 0 Å². The molecule has 0 amide bonds. The molecule has 4 heteroatoms. The normalized spacial score (nSPS) is 10.7. The Morgan fingerprint density at radius 2 is 1.15 bits per heavy atom. The smallest absolute Gasteiger partial charge is 0.0178 e. The van der Waals surface area contributed by atoms with Gasteiger partial charge in [-0.25, -0.2) is 0 Å². The Balaban J connectivity index is 1.60. The number of rotatable bonds is 7. The Bertz CT molecular complexity index is 494. The highest BCUT2D eigenvalue weighted by atomic mass is 79.9. The van der Waals surface area contributed by atoms with Crippen LogP contribution in [0.3, 0.4) is 0 Å². The largest absolute Gasteiger partial charge is 0.0938 e. The summed E-state index contributed by atoms with van der Waals surface area (Å²) in [5, 5.41) is 0. The minimum atomic E-state index is 1.13. The summed E-state index contributed by atoms with van der Waals surface area (Å²) in [5.74, 6) is 2.33.